The molecule has 100 valence electrons. The Balaban J connectivity index is 2.19. The number of anilines is 1. The molecule has 0 saturated heterocycles. The van der Waals surface area contributed by atoms with Crippen LogP contribution in [0.4, 0.5) is 5.82 Å². The van der Waals surface area contributed by atoms with Gasteiger partial charge >= 0.3 is 12.0 Å². The molecule has 3 rings (SSSR count). The second kappa shape index (κ2) is 4.38. The maximum Gasteiger partial charge on any atom is 0.329 e. The van der Waals surface area contributed by atoms with Crippen LogP contribution in [-0.4, -0.2) is 39.1 Å². The zero-order chi connectivity index (χ0) is 13.4. The SMILES string of the molecule is COc1nc2c3c(ncn3CCCN2OC(C)=O)n1. The van der Waals surface area contributed by atoms with Crippen molar-refractivity contribution >= 4 is 23.0 Å². The summed E-state index contributed by atoms with van der Waals surface area (Å²) in [5.41, 5.74) is 1.28. The van der Waals surface area contributed by atoms with Crippen molar-refractivity contribution in [3.8, 4) is 6.01 Å². The van der Waals surface area contributed by atoms with E-state index in [1.807, 2.05) is 4.57 Å². The molecular formula is C11H13N5O3. The van der Waals surface area contributed by atoms with Gasteiger partial charge in [0.05, 0.1) is 20.0 Å². The molecule has 2 aromatic heterocycles. The second-order valence-electron chi connectivity index (χ2n) is 4.18. The highest BCUT2D eigenvalue weighted by Crippen LogP contribution is 2.28. The highest BCUT2D eigenvalue weighted by molar-refractivity contribution is 5.84. The molecule has 0 N–H and O–H groups in total. The zero-order valence-electron chi connectivity index (χ0n) is 10.7. The maximum atomic E-state index is 11.2. The number of ether oxygens (including phenoxy) is 1. The van der Waals surface area contributed by atoms with Crippen LogP contribution in [0.2, 0.25) is 0 Å². The minimum atomic E-state index is -0.390. The number of carbonyl (C=O) groups excluding carboxylic acids is 1. The lowest BCUT2D eigenvalue weighted by Gasteiger charge is -2.19. The second-order valence-corrected chi connectivity index (χ2v) is 4.18. The fraction of sp³-hybridized carbons (Fsp3) is 0.455. The van der Waals surface area contributed by atoms with Crippen LogP contribution in [-0.2, 0) is 16.2 Å². The normalized spacial score (nSPS) is 14.3. The van der Waals surface area contributed by atoms with Gasteiger partial charge in [0.15, 0.2) is 11.5 Å². The van der Waals surface area contributed by atoms with E-state index in [0.29, 0.717) is 18.0 Å². The van der Waals surface area contributed by atoms with Crippen LogP contribution >= 0.6 is 0 Å². The van der Waals surface area contributed by atoms with Crippen molar-refractivity contribution in [3.63, 3.8) is 0 Å². The number of carbonyl (C=O) groups is 1. The molecule has 0 aromatic carbocycles. The number of hydrogen-bond acceptors (Lipinski definition) is 7. The van der Waals surface area contributed by atoms with E-state index in [4.69, 9.17) is 9.57 Å². The van der Waals surface area contributed by atoms with E-state index in [0.717, 1.165) is 18.5 Å². The van der Waals surface area contributed by atoms with E-state index in [-0.39, 0.29) is 6.01 Å². The number of hydroxylamine groups is 1. The van der Waals surface area contributed by atoms with Gasteiger partial charge in [-0.15, -0.1) is 0 Å². The lowest BCUT2D eigenvalue weighted by Crippen LogP contribution is -2.27. The summed E-state index contributed by atoms with van der Waals surface area (Å²) in [7, 11) is 1.48. The predicted molar refractivity (Wildman–Crippen MR) is 65.6 cm³/mol. The minimum absolute atomic E-state index is 0.201. The first-order chi connectivity index (χ1) is 9.19. The van der Waals surface area contributed by atoms with E-state index in [1.54, 1.807) is 6.33 Å². The van der Waals surface area contributed by atoms with Crippen molar-refractivity contribution in [3.05, 3.63) is 6.33 Å². The minimum Gasteiger partial charge on any atom is -0.467 e. The quantitative estimate of drug-likeness (QED) is 0.781. The number of aromatic nitrogens is 4. The molecule has 2 aromatic rings. The molecule has 0 unspecified atom stereocenters. The summed E-state index contributed by atoms with van der Waals surface area (Å²) in [6.45, 7) is 2.70. The number of nitrogens with zero attached hydrogens (tertiary/aromatic N) is 5. The van der Waals surface area contributed by atoms with Gasteiger partial charge in [0.1, 0.15) is 5.52 Å². The number of methoxy groups -OCH3 is 1. The summed E-state index contributed by atoms with van der Waals surface area (Å²) in [5, 5.41) is 1.47. The number of imidazole rings is 1. The summed E-state index contributed by atoms with van der Waals surface area (Å²) >= 11 is 0. The molecule has 8 nitrogen and oxygen atoms in total. The summed E-state index contributed by atoms with van der Waals surface area (Å²) in [5.74, 6) is 0.116. The van der Waals surface area contributed by atoms with E-state index in [1.165, 1.54) is 19.1 Å². The third kappa shape index (κ3) is 1.94. The zero-order valence-corrected chi connectivity index (χ0v) is 10.7. The first-order valence-electron chi connectivity index (χ1n) is 5.92. The Morgan fingerprint density at radius 3 is 2.95 bits per heavy atom. The predicted octanol–water partition coefficient (Wildman–Crippen LogP) is 0.523. The molecule has 0 atom stereocenters. The first-order valence-corrected chi connectivity index (χ1v) is 5.92. The molecule has 1 aliphatic rings. The van der Waals surface area contributed by atoms with Crippen LogP contribution in [0.15, 0.2) is 6.33 Å². The van der Waals surface area contributed by atoms with Gasteiger partial charge in [-0.25, -0.2) is 4.98 Å². The van der Waals surface area contributed by atoms with E-state index >= 15 is 0 Å². The van der Waals surface area contributed by atoms with Gasteiger partial charge in [-0.3, -0.25) is 4.79 Å². The Morgan fingerprint density at radius 2 is 2.21 bits per heavy atom. The fourth-order valence-electron chi connectivity index (χ4n) is 2.11. The van der Waals surface area contributed by atoms with Crippen molar-refractivity contribution in [2.45, 2.75) is 19.9 Å². The molecular weight excluding hydrogens is 250 g/mol. The van der Waals surface area contributed by atoms with Crippen molar-refractivity contribution < 1.29 is 14.4 Å². The monoisotopic (exact) mass is 263 g/mol. The van der Waals surface area contributed by atoms with Crippen molar-refractivity contribution in [1.29, 1.82) is 0 Å². The molecule has 0 saturated carbocycles. The first kappa shape index (κ1) is 11.7. The summed E-state index contributed by atoms with van der Waals surface area (Å²) in [6, 6.07) is 0.201. The highest BCUT2D eigenvalue weighted by atomic mass is 16.7. The van der Waals surface area contributed by atoms with Crippen LogP contribution in [0.5, 0.6) is 6.01 Å². The largest absolute Gasteiger partial charge is 0.467 e. The highest BCUT2D eigenvalue weighted by Gasteiger charge is 2.24. The van der Waals surface area contributed by atoms with Crippen LogP contribution in [0, 0.1) is 0 Å². The van der Waals surface area contributed by atoms with Gasteiger partial charge in [0, 0.05) is 13.5 Å². The van der Waals surface area contributed by atoms with Crippen LogP contribution in [0.3, 0.4) is 0 Å². The Morgan fingerprint density at radius 1 is 1.37 bits per heavy atom. The van der Waals surface area contributed by atoms with Gasteiger partial charge in [-0.05, 0) is 6.42 Å². The molecule has 0 amide bonds. The Labute approximate surface area is 108 Å². The van der Waals surface area contributed by atoms with Crippen LogP contribution in [0.25, 0.3) is 11.2 Å². The van der Waals surface area contributed by atoms with Crippen molar-refractivity contribution in [2.24, 2.45) is 0 Å². The number of hydrogen-bond donors (Lipinski definition) is 0. The van der Waals surface area contributed by atoms with Gasteiger partial charge in [0.2, 0.25) is 0 Å². The molecule has 8 heteroatoms. The number of rotatable bonds is 2. The van der Waals surface area contributed by atoms with Crippen molar-refractivity contribution in [1.82, 2.24) is 19.5 Å². The summed E-state index contributed by atoms with van der Waals surface area (Å²) < 4.78 is 7.01. The molecule has 1 aliphatic heterocycles. The molecule has 19 heavy (non-hydrogen) atoms. The lowest BCUT2D eigenvalue weighted by atomic mass is 10.4. The topological polar surface area (TPSA) is 82.4 Å². The van der Waals surface area contributed by atoms with E-state index in [9.17, 15) is 4.79 Å². The average Bonchev–Trinajstić information content (AvgIpc) is 2.71. The Kier molecular flexibility index (Phi) is 2.69. The van der Waals surface area contributed by atoms with Gasteiger partial charge in [0.25, 0.3) is 0 Å². The standard InChI is InChI=1S/C11H13N5O3/c1-7(17)19-16-5-3-4-15-6-12-9-8(15)10(16)14-11(13-9)18-2/h6H,3-5H2,1-2H3. The lowest BCUT2D eigenvalue weighted by molar-refractivity contribution is -0.142. The van der Waals surface area contributed by atoms with E-state index < -0.39 is 5.97 Å². The van der Waals surface area contributed by atoms with Gasteiger partial charge in [-0.1, -0.05) is 0 Å². The number of aryl methyl sites for hydroxylation is 1. The third-order valence-corrected chi connectivity index (χ3v) is 2.85. The third-order valence-electron chi connectivity index (χ3n) is 2.85. The van der Waals surface area contributed by atoms with Gasteiger partial charge in [-0.2, -0.15) is 15.0 Å². The molecule has 0 spiro atoms. The molecule has 0 bridgehead atoms. The molecule has 0 aliphatic carbocycles. The maximum absolute atomic E-state index is 11.2. The molecule has 0 radical (unpaired) electrons. The van der Waals surface area contributed by atoms with Crippen LogP contribution < -0.4 is 9.80 Å². The fourth-order valence-corrected chi connectivity index (χ4v) is 2.11. The summed E-state index contributed by atoms with van der Waals surface area (Å²) in [4.78, 5) is 29.1. The van der Waals surface area contributed by atoms with Crippen LogP contribution in [0.1, 0.15) is 13.3 Å². The molecule has 0 fully saturated rings. The summed E-state index contributed by atoms with van der Waals surface area (Å²) in [6.07, 6.45) is 2.52. The van der Waals surface area contributed by atoms with E-state index in [2.05, 4.69) is 15.0 Å². The van der Waals surface area contributed by atoms with Crippen molar-refractivity contribution in [2.75, 3.05) is 18.7 Å². The smallest absolute Gasteiger partial charge is 0.329 e. The van der Waals surface area contributed by atoms with Gasteiger partial charge < -0.3 is 14.1 Å². The molecule has 3 heterocycles. The average molecular weight is 263 g/mol. The Bertz CT molecular complexity index is 639. The Hall–Kier alpha value is -2.38.